The molecule has 0 radical (unpaired) electrons. The number of pyridine rings is 1. The second kappa shape index (κ2) is 4.95. The van der Waals surface area contributed by atoms with Crippen molar-refractivity contribution in [3.63, 3.8) is 0 Å². The molecule has 3 rings (SSSR count). The summed E-state index contributed by atoms with van der Waals surface area (Å²) in [6, 6.07) is 8.82. The van der Waals surface area contributed by atoms with E-state index in [2.05, 4.69) is 21.3 Å². The lowest BCUT2D eigenvalue weighted by atomic mass is 9.99. The summed E-state index contributed by atoms with van der Waals surface area (Å²) in [6.45, 7) is 2.44. The normalized spacial score (nSPS) is 27.5. The first-order valence-electron chi connectivity index (χ1n) is 6.74. The highest BCUT2D eigenvalue weighted by Crippen LogP contribution is 2.28. The van der Waals surface area contributed by atoms with Gasteiger partial charge < -0.3 is 5.32 Å². The van der Waals surface area contributed by atoms with Crippen molar-refractivity contribution < 1.29 is 0 Å². The third-order valence-corrected chi connectivity index (χ3v) is 4.05. The molecule has 0 aromatic carbocycles. The van der Waals surface area contributed by atoms with Gasteiger partial charge in [-0.1, -0.05) is 12.5 Å². The highest BCUT2D eigenvalue weighted by atomic mass is 15.2. The van der Waals surface area contributed by atoms with E-state index in [9.17, 15) is 0 Å². The molecule has 0 spiro atoms. The molecular formula is C14H18N4. The average Bonchev–Trinajstić information content (AvgIpc) is 2.83. The number of hydrogen-bond acceptors (Lipinski definition) is 4. The van der Waals surface area contributed by atoms with E-state index < -0.39 is 0 Å². The summed E-state index contributed by atoms with van der Waals surface area (Å²) in [4.78, 5) is 6.89. The molecule has 2 fully saturated rings. The van der Waals surface area contributed by atoms with Crippen LogP contribution in [0.5, 0.6) is 0 Å². The molecule has 2 unspecified atom stereocenters. The largest absolute Gasteiger partial charge is 0.366 e. The van der Waals surface area contributed by atoms with Gasteiger partial charge in [0.05, 0.1) is 0 Å². The van der Waals surface area contributed by atoms with Crippen molar-refractivity contribution in [1.82, 2.24) is 9.88 Å². The van der Waals surface area contributed by atoms with Gasteiger partial charge in [0.25, 0.3) is 0 Å². The molecule has 1 aromatic rings. The highest BCUT2D eigenvalue weighted by molar-refractivity contribution is 5.40. The van der Waals surface area contributed by atoms with Crippen molar-refractivity contribution in [2.75, 3.05) is 18.4 Å². The van der Waals surface area contributed by atoms with E-state index in [0.29, 0.717) is 17.8 Å². The van der Waals surface area contributed by atoms with Crippen molar-refractivity contribution in [1.29, 1.82) is 5.26 Å². The van der Waals surface area contributed by atoms with Crippen molar-refractivity contribution in [2.24, 2.45) is 0 Å². The Kier molecular flexibility index (Phi) is 3.16. The summed E-state index contributed by atoms with van der Waals surface area (Å²) < 4.78 is 0. The molecule has 2 aliphatic heterocycles. The fraction of sp³-hybridized carbons (Fsp3) is 0.571. The van der Waals surface area contributed by atoms with E-state index in [1.54, 1.807) is 6.07 Å². The first-order chi connectivity index (χ1) is 8.86. The van der Waals surface area contributed by atoms with Gasteiger partial charge in [-0.3, -0.25) is 4.90 Å². The standard InChI is InChI=1S/C14H18N4/c15-10-11-4-3-6-14(16-11)17-12-7-9-18-8-2-1-5-13(12)18/h3-4,6,12-13H,1-2,5,7-9H2,(H,16,17). The molecule has 2 saturated heterocycles. The number of nitriles is 1. The third-order valence-electron chi connectivity index (χ3n) is 4.05. The van der Waals surface area contributed by atoms with Crippen LogP contribution in [0.1, 0.15) is 31.4 Å². The van der Waals surface area contributed by atoms with Crippen molar-refractivity contribution in [2.45, 2.75) is 37.8 Å². The molecule has 0 bridgehead atoms. The molecule has 2 atom stereocenters. The quantitative estimate of drug-likeness (QED) is 0.861. The lowest BCUT2D eigenvalue weighted by Crippen LogP contribution is -2.41. The van der Waals surface area contributed by atoms with Crippen LogP contribution in [0.3, 0.4) is 0 Å². The van der Waals surface area contributed by atoms with E-state index in [4.69, 9.17) is 5.26 Å². The number of anilines is 1. The lowest BCUT2D eigenvalue weighted by molar-refractivity contribution is 0.192. The van der Waals surface area contributed by atoms with Crippen molar-refractivity contribution in [3.8, 4) is 6.07 Å². The predicted octanol–water partition coefficient (Wildman–Crippen LogP) is 1.99. The highest BCUT2D eigenvalue weighted by Gasteiger charge is 2.35. The van der Waals surface area contributed by atoms with E-state index in [1.807, 2.05) is 12.1 Å². The predicted molar refractivity (Wildman–Crippen MR) is 70.2 cm³/mol. The number of nitrogens with zero attached hydrogens (tertiary/aromatic N) is 3. The Labute approximate surface area is 108 Å². The van der Waals surface area contributed by atoms with Gasteiger partial charge in [-0.05, 0) is 37.9 Å². The van der Waals surface area contributed by atoms with Gasteiger partial charge >= 0.3 is 0 Å². The molecule has 1 N–H and O–H groups in total. The maximum Gasteiger partial charge on any atom is 0.142 e. The zero-order chi connectivity index (χ0) is 12.4. The minimum absolute atomic E-state index is 0.485. The first-order valence-corrected chi connectivity index (χ1v) is 6.74. The van der Waals surface area contributed by atoms with Gasteiger partial charge in [0.15, 0.2) is 0 Å². The van der Waals surface area contributed by atoms with Crippen LogP contribution in [0.15, 0.2) is 18.2 Å². The summed E-state index contributed by atoms with van der Waals surface area (Å²) >= 11 is 0. The number of rotatable bonds is 2. The molecule has 0 aliphatic carbocycles. The molecule has 94 valence electrons. The van der Waals surface area contributed by atoms with Gasteiger partial charge in [0.1, 0.15) is 17.6 Å². The Morgan fingerprint density at radius 3 is 3.11 bits per heavy atom. The molecular weight excluding hydrogens is 224 g/mol. The fourth-order valence-corrected chi connectivity index (χ4v) is 3.18. The van der Waals surface area contributed by atoms with Gasteiger partial charge in [-0.15, -0.1) is 0 Å². The van der Waals surface area contributed by atoms with Crippen LogP contribution in [0, 0.1) is 11.3 Å². The van der Waals surface area contributed by atoms with E-state index >= 15 is 0 Å². The van der Waals surface area contributed by atoms with Gasteiger partial charge in [-0.2, -0.15) is 5.26 Å². The molecule has 4 nitrogen and oxygen atoms in total. The SMILES string of the molecule is N#Cc1cccc(NC2CCN3CCCCC23)n1. The van der Waals surface area contributed by atoms with Crippen molar-refractivity contribution in [3.05, 3.63) is 23.9 Å². The molecule has 1 aromatic heterocycles. The Bertz CT molecular complexity index is 465. The zero-order valence-corrected chi connectivity index (χ0v) is 10.5. The summed E-state index contributed by atoms with van der Waals surface area (Å²) in [7, 11) is 0. The van der Waals surface area contributed by atoms with E-state index in [0.717, 1.165) is 5.82 Å². The summed E-state index contributed by atoms with van der Waals surface area (Å²) in [5.74, 6) is 0.839. The molecule has 3 heterocycles. The van der Waals surface area contributed by atoms with Crippen molar-refractivity contribution >= 4 is 5.82 Å². The fourth-order valence-electron chi connectivity index (χ4n) is 3.18. The van der Waals surface area contributed by atoms with Gasteiger partial charge in [-0.25, -0.2) is 4.98 Å². The minimum Gasteiger partial charge on any atom is -0.366 e. The van der Waals surface area contributed by atoms with E-state index in [1.165, 1.54) is 38.8 Å². The van der Waals surface area contributed by atoms with E-state index in [-0.39, 0.29) is 0 Å². The zero-order valence-electron chi connectivity index (χ0n) is 10.5. The maximum atomic E-state index is 8.86. The lowest BCUT2D eigenvalue weighted by Gasteiger charge is -2.32. The minimum atomic E-state index is 0.485. The number of aromatic nitrogens is 1. The Hall–Kier alpha value is -1.60. The third kappa shape index (κ3) is 2.19. The molecule has 0 saturated carbocycles. The van der Waals surface area contributed by atoms with Crippen LogP contribution >= 0.6 is 0 Å². The first kappa shape index (κ1) is 11.5. The molecule has 2 aliphatic rings. The monoisotopic (exact) mass is 242 g/mol. The topological polar surface area (TPSA) is 52.0 Å². The smallest absolute Gasteiger partial charge is 0.142 e. The van der Waals surface area contributed by atoms with Gasteiger partial charge in [0.2, 0.25) is 0 Å². The maximum absolute atomic E-state index is 8.86. The number of fused-ring (bicyclic) bond motifs is 1. The van der Waals surface area contributed by atoms with Crippen LogP contribution in [0.25, 0.3) is 0 Å². The molecule has 4 heteroatoms. The Morgan fingerprint density at radius 1 is 1.28 bits per heavy atom. The Balaban J connectivity index is 1.71. The van der Waals surface area contributed by atoms with Crippen LogP contribution in [-0.4, -0.2) is 35.1 Å². The van der Waals surface area contributed by atoms with Crippen LogP contribution in [-0.2, 0) is 0 Å². The van der Waals surface area contributed by atoms with Crippen LogP contribution < -0.4 is 5.32 Å². The second-order valence-corrected chi connectivity index (χ2v) is 5.16. The summed E-state index contributed by atoms with van der Waals surface area (Å²) in [6.07, 6.45) is 5.15. The number of hydrogen-bond donors (Lipinski definition) is 1. The summed E-state index contributed by atoms with van der Waals surface area (Å²) in [5, 5.41) is 12.4. The molecule has 0 amide bonds. The second-order valence-electron chi connectivity index (χ2n) is 5.16. The van der Waals surface area contributed by atoms with Crippen LogP contribution in [0.2, 0.25) is 0 Å². The Morgan fingerprint density at radius 2 is 2.22 bits per heavy atom. The average molecular weight is 242 g/mol. The summed E-state index contributed by atoms with van der Waals surface area (Å²) in [5.41, 5.74) is 0.485. The number of nitrogens with one attached hydrogen (secondary N) is 1. The van der Waals surface area contributed by atoms with Gasteiger partial charge in [0, 0.05) is 18.6 Å². The molecule has 18 heavy (non-hydrogen) atoms. The number of piperidine rings is 1. The van der Waals surface area contributed by atoms with Crippen LogP contribution in [0.4, 0.5) is 5.82 Å².